The summed E-state index contributed by atoms with van der Waals surface area (Å²) in [6.07, 6.45) is 0. The van der Waals surface area contributed by atoms with Crippen LogP contribution in [0.3, 0.4) is 0 Å². The van der Waals surface area contributed by atoms with Crippen LogP contribution in [0, 0.1) is 0 Å². The number of nitrogens with zero attached hydrogens (tertiary/aromatic N) is 1. The Labute approximate surface area is 109 Å². The van der Waals surface area contributed by atoms with E-state index in [1.165, 1.54) is 0 Å². The lowest BCUT2D eigenvalue weighted by Crippen LogP contribution is -1.77. The van der Waals surface area contributed by atoms with Gasteiger partial charge in [-0.05, 0) is 24.3 Å². The van der Waals surface area contributed by atoms with Crippen molar-refractivity contribution in [2.45, 2.75) is 0 Å². The van der Waals surface area contributed by atoms with Crippen LogP contribution >= 0.6 is 0 Å². The lowest BCUT2D eigenvalue weighted by molar-refractivity contribution is 0.474. The summed E-state index contributed by atoms with van der Waals surface area (Å²) >= 11 is 0. The minimum absolute atomic E-state index is 0. The van der Waals surface area contributed by atoms with Gasteiger partial charge in [-0.1, -0.05) is 24.3 Å². The van der Waals surface area contributed by atoms with E-state index >= 15 is 0 Å². The van der Waals surface area contributed by atoms with Crippen LogP contribution in [0.4, 0.5) is 0 Å². The maximum atomic E-state index is 9.69. The highest BCUT2D eigenvalue weighted by Crippen LogP contribution is 2.30. The number of hydrogen-bond donors (Lipinski definition) is 1. The van der Waals surface area contributed by atoms with E-state index in [1.54, 1.807) is 18.2 Å². The molecule has 0 saturated heterocycles. The predicted octanol–water partition coefficient (Wildman–Crippen LogP) is 2.82. The van der Waals surface area contributed by atoms with Gasteiger partial charge in [0.05, 0.1) is 5.56 Å². The average Bonchev–Trinajstić information content (AvgIpc) is 2.73. The molecule has 3 nitrogen and oxygen atoms in total. The number of rotatable bonds is 1. The molecule has 0 aliphatic heterocycles. The lowest BCUT2D eigenvalue weighted by atomic mass is 10.2. The van der Waals surface area contributed by atoms with E-state index in [4.69, 9.17) is 4.42 Å². The second-order valence-corrected chi connectivity index (χ2v) is 3.50. The molecule has 1 heterocycles. The fraction of sp³-hybridized carbons (Fsp3) is 0. The minimum Gasteiger partial charge on any atom is -0.507 e. The molecule has 0 saturated carbocycles. The zero-order chi connectivity index (χ0) is 11.0. The molecule has 0 aliphatic carbocycles. The first-order chi connectivity index (χ1) is 7.84. The molecule has 2 aromatic carbocycles. The third-order valence-corrected chi connectivity index (χ3v) is 2.43. The molecule has 4 heteroatoms. The summed E-state index contributed by atoms with van der Waals surface area (Å²) in [5.41, 5.74) is 2.13. The SMILES string of the molecule is Oc1ccccc1-c1nc2ccccc2o1.[Al]. The van der Waals surface area contributed by atoms with Gasteiger partial charge in [-0.3, -0.25) is 0 Å². The minimum atomic E-state index is 0. The summed E-state index contributed by atoms with van der Waals surface area (Å²) in [4.78, 5) is 4.32. The fourth-order valence-electron chi connectivity index (χ4n) is 1.64. The van der Waals surface area contributed by atoms with Crippen LogP contribution in [0.2, 0.25) is 0 Å². The zero-order valence-corrected chi connectivity index (χ0v) is 10.2. The van der Waals surface area contributed by atoms with Gasteiger partial charge >= 0.3 is 0 Å². The summed E-state index contributed by atoms with van der Waals surface area (Å²) in [6.45, 7) is 0. The standard InChI is InChI=1S/C13H9NO2.Al/c15-11-7-3-1-5-9(11)13-14-10-6-2-4-8-12(10)16-13;/h1-8,15H;. The van der Waals surface area contributed by atoms with Crippen molar-refractivity contribution >= 4 is 28.5 Å². The second-order valence-electron chi connectivity index (χ2n) is 3.50. The molecule has 0 bridgehead atoms. The molecule has 3 aromatic rings. The highest BCUT2D eigenvalue weighted by Gasteiger charge is 2.10. The molecule has 0 unspecified atom stereocenters. The summed E-state index contributed by atoms with van der Waals surface area (Å²) in [5, 5.41) is 9.69. The van der Waals surface area contributed by atoms with E-state index in [1.807, 2.05) is 30.3 Å². The second kappa shape index (κ2) is 4.62. The van der Waals surface area contributed by atoms with Gasteiger partial charge in [0.1, 0.15) is 11.3 Å². The number of benzene rings is 2. The summed E-state index contributed by atoms with van der Waals surface area (Å²) in [6, 6.07) is 14.5. The number of phenolic OH excluding ortho intramolecular Hbond substituents is 1. The van der Waals surface area contributed by atoms with Crippen molar-refractivity contribution < 1.29 is 9.52 Å². The largest absolute Gasteiger partial charge is 0.507 e. The Morgan fingerprint density at radius 2 is 1.65 bits per heavy atom. The monoisotopic (exact) mass is 238 g/mol. The summed E-state index contributed by atoms with van der Waals surface area (Å²) in [5.74, 6) is 0.619. The van der Waals surface area contributed by atoms with Crippen LogP contribution in [0.1, 0.15) is 0 Å². The third-order valence-electron chi connectivity index (χ3n) is 2.43. The number of para-hydroxylation sites is 3. The van der Waals surface area contributed by atoms with Crippen LogP contribution in [-0.2, 0) is 0 Å². The first kappa shape index (κ1) is 11.7. The van der Waals surface area contributed by atoms with Crippen molar-refractivity contribution in [3.63, 3.8) is 0 Å². The Morgan fingerprint density at radius 3 is 2.41 bits per heavy atom. The quantitative estimate of drug-likeness (QED) is 0.663. The molecule has 1 aromatic heterocycles. The van der Waals surface area contributed by atoms with E-state index in [0.29, 0.717) is 11.5 Å². The molecule has 1 N–H and O–H groups in total. The van der Waals surface area contributed by atoms with Crippen molar-refractivity contribution in [1.29, 1.82) is 0 Å². The highest BCUT2D eigenvalue weighted by atomic mass is 27.0. The van der Waals surface area contributed by atoms with Crippen molar-refractivity contribution in [2.75, 3.05) is 0 Å². The van der Waals surface area contributed by atoms with Crippen LogP contribution < -0.4 is 0 Å². The Bertz CT molecular complexity index is 615. The smallest absolute Gasteiger partial charge is 0.231 e. The van der Waals surface area contributed by atoms with Gasteiger partial charge in [0.2, 0.25) is 5.89 Å². The Hall–Kier alpha value is -1.76. The van der Waals surface area contributed by atoms with E-state index in [9.17, 15) is 5.11 Å². The van der Waals surface area contributed by atoms with E-state index in [2.05, 4.69) is 4.98 Å². The van der Waals surface area contributed by atoms with Gasteiger partial charge in [0.15, 0.2) is 5.58 Å². The predicted molar refractivity (Wildman–Crippen MR) is 66.9 cm³/mol. The molecule has 0 amide bonds. The maximum absolute atomic E-state index is 9.69. The van der Waals surface area contributed by atoms with Crippen LogP contribution in [0.5, 0.6) is 5.75 Å². The van der Waals surface area contributed by atoms with Gasteiger partial charge in [0, 0.05) is 17.4 Å². The van der Waals surface area contributed by atoms with Crippen LogP contribution in [0.15, 0.2) is 52.9 Å². The zero-order valence-electron chi connectivity index (χ0n) is 9.00. The first-order valence-corrected chi connectivity index (χ1v) is 4.98. The molecule has 17 heavy (non-hydrogen) atoms. The van der Waals surface area contributed by atoms with Crippen LogP contribution in [0.25, 0.3) is 22.6 Å². The molecule has 3 radical (unpaired) electrons. The van der Waals surface area contributed by atoms with Crippen molar-refractivity contribution in [3.8, 4) is 17.2 Å². The number of phenols is 1. The van der Waals surface area contributed by atoms with Gasteiger partial charge in [-0.25, -0.2) is 4.98 Å². The number of aromatic hydroxyl groups is 1. The summed E-state index contributed by atoms with van der Waals surface area (Å²) < 4.78 is 5.56. The van der Waals surface area contributed by atoms with Crippen molar-refractivity contribution in [1.82, 2.24) is 4.98 Å². The van der Waals surface area contributed by atoms with E-state index < -0.39 is 0 Å². The molecule has 0 aliphatic rings. The average molecular weight is 238 g/mol. The maximum Gasteiger partial charge on any atom is 0.231 e. The molecular formula is C13H9AlNO2. The van der Waals surface area contributed by atoms with Crippen molar-refractivity contribution in [2.24, 2.45) is 0 Å². The molecular weight excluding hydrogens is 229 g/mol. The summed E-state index contributed by atoms with van der Waals surface area (Å²) in [7, 11) is 0. The van der Waals surface area contributed by atoms with Crippen LogP contribution in [-0.4, -0.2) is 27.5 Å². The van der Waals surface area contributed by atoms with Gasteiger partial charge in [-0.2, -0.15) is 0 Å². The lowest BCUT2D eigenvalue weighted by Gasteiger charge is -1.97. The van der Waals surface area contributed by atoms with Gasteiger partial charge < -0.3 is 9.52 Å². The molecule has 0 atom stereocenters. The van der Waals surface area contributed by atoms with Gasteiger partial charge in [-0.15, -0.1) is 0 Å². The number of fused-ring (bicyclic) bond motifs is 1. The molecule has 0 fully saturated rings. The van der Waals surface area contributed by atoms with Crippen molar-refractivity contribution in [3.05, 3.63) is 48.5 Å². The van der Waals surface area contributed by atoms with E-state index in [-0.39, 0.29) is 23.1 Å². The Morgan fingerprint density at radius 1 is 0.941 bits per heavy atom. The van der Waals surface area contributed by atoms with E-state index in [0.717, 1.165) is 11.1 Å². The molecule has 3 rings (SSSR count). The topological polar surface area (TPSA) is 46.3 Å². The Balaban J connectivity index is 0.00000108. The fourth-order valence-corrected chi connectivity index (χ4v) is 1.64. The highest BCUT2D eigenvalue weighted by molar-refractivity contribution is 5.77. The number of hydrogen-bond acceptors (Lipinski definition) is 3. The molecule has 81 valence electrons. The number of aromatic nitrogens is 1. The Kier molecular flexibility index (Phi) is 3.19. The third kappa shape index (κ3) is 2.05. The van der Waals surface area contributed by atoms with Gasteiger partial charge in [0.25, 0.3) is 0 Å². The molecule has 0 spiro atoms. The first-order valence-electron chi connectivity index (χ1n) is 4.98. The normalized spacial score (nSPS) is 10.1. The number of oxazole rings is 1.